The number of piperidine rings is 1. The van der Waals surface area contributed by atoms with Gasteiger partial charge in [-0.25, -0.2) is 9.48 Å². The molecule has 0 bridgehead atoms. The first-order chi connectivity index (χ1) is 6.75. The summed E-state index contributed by atoms with van der Waals surface area (Å²) in [5, 5.41) is 7.45. The molecule has 1 unspecified atom stereocenters. The molecule has 1 aliphatic heterocycles. The summed E-state index contributed by atoms with van der Waals surface area (Å²) in [5.41, 5.74) is -0.0897. The second-order valence-electron chi connectivity index (χ2n) is 3.91. The van der Waals surface area contributed by atoms with E-state index in [4.69, 9.17) is 0 Å². The van der Waals surface area contributed by atoms with Gasteiger partial charge >= 0.3 is 5.69 Å². The van der Waals surface area contributed by atoms with Gasteiger partial charge in [-0.2, -0.15) is 5.10 Å². The summed E-state index contributed by atoms with van der Waals surface area (Å²) in [7, 11) is 0. The second kappa shape index (κ2) is 3.96. The Kier molecular flexibility index (Phi) is 2.67. The van der Waals surface area contributed by atoms with Crippen molar-refractivity contribution in [2.24, 2.45) is 5.92 Å². The molecule has 1 aromatic heterocycles. The number of aromatic nitrogens is 3. The molecule has 5 heteroatoms. The van der Waals surface area contributed by atoms with Gasteiger partial charge in [-0.05, 0) is 38.8 Å². The molecule has 1 aliphatic rings. The highest BCUT2D eigenvalue weighted by molar-refractivity contribution is 4.78. The summed E-state index contributed by atoms with van der Waals surface area (Å²) in [6.07, 6.45) is 2.38. The number of hydrogen-bond acceptors (Lipinski definition) is 3. The third-order valence-electron chi connectivity index (χ3n) is 2.62. The minimum atomic E-state index is -0.0897. The molecule has 1 fully saturated rings. The van der Waals surface area contributed by atoms with E-state index in [0.717, 1.165) is 19.6 Å². The van der Waals surface area contributed by atoms with E-state index < -0.39 is 0 Å². The van der Waals surface area contributed by atoms with Gasteiger partial charge in [0.05, 0.1) is 6.54 Å². The SMILES string of the molecule is Cc1nn(CC2CCCNC2)c(=O)[nH]1. The van der Waals surface area contributed by atoms with E-state index in [2.05, 4.69) is 15.4 Å². The summed E-state index contributed by atoms with van der Waals surface area (Å²) >= 11 is 0. The lowest BCUT2D eigenvalue weighted by Gasteiger charge is -2.21. The first-order valence-electron chi connectivity index (χ1n) is 5.10. The van der Waals surface area contributed by atoms with Gasteiger partial charge in [0.25, 0.3) is 0 Å². The summed E-state index contributed by atoms with van der Waals surface area (Å²) in [5.74, 6) is 1.24. The summed E-state index contributed by atoms with van der Waals surface area (Å²) in [4.78, 5) is 14.0. The van der Waals surface area contributed by atoms with Crippen LogP contribution < -0.4 is 11.0 Å². The maximum absolute atomic E-state index is 11.3. The Labute approximate surface area is 82.5 Å². The normalized spacial score (nSPS) is 22.5. The van der Waals surface area contributed by atoms with Crippen molar-refractivity contribution in [3.63, 3.8) is 0 Å². The van der Waals surface area contributed by atoms with Crippen molar-refractivity contribution in [1.82, 2.24) is 20.1 Å². The molecule has 1 saturated heterocycles. The Morgan fingerprint density at radius 1 is 1.64 bits per heavy atom. The highest BCUT2D eigenvalue weighted by atomic mass is 16.1. The van der Waals surface area contributed by atoms with E-state index in [0.29, 0.717) is 11.7 Å². The number of H-pyrrole nitrogens is 1. The fourth-order valence-electron chi connectivity index (χ4n) is 1.92. The van der Waals surface area contributed by atoms with Crippen LogP contribution in [0.3, 0.4) is 0 Å². The molecule has 0 aliphatic carbocycles. The minimum absolute atomic E-state index is 0.0897. The van der Waals surface area contributed by atoms with Gasteiger partial charge in [-0.15, -0.1) is 0 Å². The summed E-state index contributed by atoms with van der Waals surface area (Å²) < 4.78 is 1.53. The van der Waals surface area contributed by atoms with Crippen LogP contribution >= 0.6 is 0 Å². The summed E-state index contributed by atoms with van der Waals surface area (Å²) in [6, 6.07) is 0. The van der Waals surface area contributed by atoms with Gasteiger partial charge in [-0.1, -0.05) is 0 Å². The van der Waals surface area contributed by atoms with Crippen LogP contribution in [0.4, 0.5) is 0 Å². The van der Waals surface area contributed by atoms with Crippen molar-refractivity contribution in [3.05, 3.63) is 16.3 Å². The van der Waals surface area contributed by atoms with Crippen molar-refractivity contribution < 1.29 is 0 Å². The van der Waals surface area contributed by atoms with Gasteiger partial charge in [0.1, 0.15) is 5.82 Å². The van der Waals surface area contributed by atoms with E-state index in [-0.39, 0.29) is 5.69 Å². The van der Waals surface area contributed by atoms with E-state index in [1.807, 2.05) is 0 Å². The Balaban J connectivity index is 2.02. The zero-order valence-corrected chi connectivity index (χ0v) is 8.42. The molecule has 0 aromatic carbocycles. The molecule has 2 N–H and O–H groups in total. The first-order valence-corrected chi connectivity index (χ1v) is 5.10. The van der Waals surface area contributed by atoms with E-state index >= 15 is 0 Å². The predicted octanol–water partition coefficient (Wildman–Crippen LogP) is -0.121. The molecule has 78 valence electrons. The van der Waals surface area contributed by atoms with Crippen LogP contribution in [0, 0.1) is 12.8 Å². The Hall–Kier alpha value is -1.10. The molecular formula is C9H16N4O. The smallest absolute Gasteiger partial charge is 0.316 e. The van der Waals surface area contributed by atoms with Crippen molar-refractivity contribution in [2.75, 3.05) is 13.1 Å². The molecule has 0 amide bonds. The van der Waals surface area contributed by atoms with Crippen LogP contribution in [-0.4, -0.2) is 27.9 Å². The van der Waals surface area contributed by atoms with Crippen molar-refractivity contribution in [1.29, 1.82) is 0 Å². The highest BCUT2D eigenvalue weighted by Crippen LogP contribution is 2.10. The average Bonchev–Trinajstić information content (AvgIpc) is 2.47. The van der Waals surface area contributed by atoms with Crippen molar-refractivity contribution in [2.45, 2.75) is 26.3 Å². The largest absolute Gasteiger partial charge is 0.343 e. The van der Waals surface area contributed by atoms with Crippen molar-refractivity contribution >= 4 is 0 Å². The van der Waals surface area contributed by atoms with Crippen LogP contribution in [-0.2, 0) is 6.54 Å². The van der Waals surface area contributed by atoms with Gasteiger partial charge in [0.15, 0.2) is 0 Å². The third kappa shape index (κ3) is 2.04. The lowest BCUT2D eigenvalue weighted by Crippen LogP contribution is -2.34. The topological polar surface area (TPSA) is 62.7 Å². The zero-order chi connectivity index (χ0) is 9.97. The number of rotatable bonds is 2. The number of aromatic amines is 1. The second-order valence-corrected chi connectivity index (χ2v) is 3.91. The number of nitrogens with one attached hydrogen (secondary N) is 2. The van der Waals surface area contributed by atoms with Gasteiger partial charge in [0.2, 0.25) is 0 Å². The Morgan fingerprint density at radius 3 is 3.07 bits per heavy atom. The molecule has 0 spiro atoms. The highest BCUT2D eigenvalue weighted by Gasteiger charge is 2.15. The fourth-order valence-corrected chi connectivity index (χ4v) is 1.92. The quantitative estimate of drug-likeness (QED) is 0.693. The number of aryl methyl sites for hydroxylation is 1. The minimum Gasteiger partial charge on any atom is -0.316 e. The molecule has 2 rings (SSSR count). The molecular weight excluding hydrogens is 180 g/mol. The molecule has 14 heavy (non-hydrogen) atoms. The Morgan fingerprint density at radius 2 is 2.50 bits per heavy atom. The van der Waals surface area contributed by atoms with Gasteiger partial charge in [-0.3, -0.25) is 4.98 Å². The predicted molar refractivity (Wildman–Crippen MR) is 53.2 cm³/mol. The maximum atomic E-state index is 11.3. The van der Waals surface area contributed by atoms with Gasteiger partial charge in [0, 0.05) is 0 Å². The molecule has 1 aromatic rings. The first kappa shape index (κ1) is 9.45. The van der Waals surface area contributed by atoms with Crippen LogP contribution in [0.25, 0.3) is 0 Å². The number of hydrogen-bond donors (Lipinski definition) is 2. The molecule has 0 radical (unpaired) electrons. The van der Waals surface area contributed by atoms with Crippen LogP contribution in [0.5, 0.6) is 0 Å². The van der Waals surface area contributed by atoms with Crippen LogP contribution in [0.1, 0.15) is 18.7 Å². The lowest BCUT2D eigenvalue weighted by molar-refractivity contribution is 0.321. The standard InChI is InChI=1S/C9H16N4O/c1-7-11-9(14)13(12-7)6-8-3-2-4-10-5-8/h8,10H,2-6H2,1H3,(H,11,12,14). The van der Waals surface area contributed by atoms with Gasteiger partial charge < -0.3 is 5.32 Å². The molecule has 5 nitrogen and oxygen atoms in total. The Bertz CT molecular complexity index is 348. The maximum Gasteiger partial charge on any atom is 0.343 e. The lowest BCUT2D eigenvalue weighted by atomic mass is 10.00. The number of nitrogens with zero attached hydrogens (tertiary/aromatic N) is 2. The van der Waals surface area contributed by atoms with E-state index in [9.17, 15) is 4.79 Å². The van der Waals surface area contributed by atoms with E-state index in [1.165, 1.54) is 17.5 Å². The van der Waals surface area contributed by atoms with Crippen LogP contribution in [0.15, 0.2) is 4.79 Å². The van der Waals surface area contributed by atoms with E-state index in [1.54, 1.807) is 6.92 Å². The zero-order valence-electron chi connectivity index (χ0n) is 8.42. The monoisotopic (exact) mass is 196 g/mol. The van der Waals surface area contributed by atoms with Crippen LogP contribution in [0.2, 0.25) is 0 Å². The fraction of sp³-hybridized carbons (Fsp3) is 0.778. The third-order valence-corrected chi connectivity index (χ3v) is 2.62. The molecule has 1 atom stereocenters. The summed E-state index contributed by atoms with van der Waals surface area (Å²) in [6.45, 7) is 4.64. The van der Waals surface area contributed by atoms with Crippen molar-refractivity contribution in [3.8, 4) is 0 Å². The molecule has 0 saturated carbocycles. The molecule has 2 heterocycles. The average molecular weight is 196 g/mol.